The van der Waals surface area contributed by atoms with Gasteiger partial charge in [0, 0.05) is 0 Å². The summed E-state index contributed by atoms with van der Waals surface area (Å²) in [6.07, 6.45) is 0. The number of benzene rings is 1. The summed E-state index contributed by atoms with van der Waals surface area (Å²) in [6, 6.07) is 7.40. The number of aryl methyl sites for hydroxylation is 2. The normalized spacial score (nSPS) is 11.9. The Hall–Kier alpha value is -2.06. The van der Waals surface area contributed by atoms with Crippen molar-refractivity contribution in [3.63, 3.8) is 0 Å². The van der Waals surface area contributed by atoms with E-state index >= 15 is 0 Å². The number of nitrogens with zero attached hydrogens (tertiary/aromatic N) is 2. The minimum absolute atomic E-state index is 0.280. The summed E-state index contributed by atoms with van der Waals surface area (Å²) >= 11 is 1.28. The molecule has 0 aliphatic rings. The van der Waals surface area contributed by atoms with Gasteiger partial charge in [0.2, 0.25) is 0 Å². The van der Waals surface area contributed by atoms with Crippen LogP contribution in [0.25, 0.3) is 0 Å². The summed E-state index contributed by atoms with van der Waals surface area (Å²) in [5, 5.41) is 9.99. The number of Topliss-reactive ketones (excluding diaryl/α,β-unsaturated/α-hetero) is 1. The molecular weight excluding hydrogens is 263 g/mol. The van der Waals surface area contributed by atoms with Gasteiger partial charge in [-0.3, -0.25) is 4.79 Å². The minimum Gasteiger partial charge on any atom is -0.291 e. The zero-order valence-electron chi connectivity index (χ0n) is 10.5. The second kappa shape index (κ2) is 5.29. The molecule has 1 aromatic carbocycles. The number of hydrogen-bond acceptors (Lipinski definition) is 4. The number of aromatic nitrogens is 1. The van der Waals surface area contributed by atoms with Crippen molar-refractivity contribution in [2.75, 3.05) is 0 Å². The summed E-state index contributed by atoms with van der Waals surface area (Å²) in [5.74, 6) is -1.59. The van der Waals surface area contributed by atoms with Crippen molar-refractivity contribution in [1.82, 2.24) is 4.98 Å². The van der Waals surface area contributed by atoms with Crippen molar-refractivity contribution in [3.8, 4) is 6.07 Å². The van der Waals surface area contributed by atoms with E-state index in [2.05, 4.69) is 4.98 Å². The number of thiazole rings is 1. The molecule has 0 aliphatic carbocycles. The average molecular weight is 274 g/mol. The van der Waals surface area contributed by atoms with Gasteiger partial charge in [0.15, 0.2) is 5.78 Å². The summed E-state index contributed by atoms with van der Waals surface area (Å²) in [5.41, 5.74) is 1.13. The Morgan fingerprint density at radius 2 is 2.00 bits per heavy atom. The highest BCUT2D eigenvalue weighted by Crippen LogP contribution is 2.26. The number of nitriles is 1. The van der Waals surface area contributed by atoms with E-state index in [9.17, 15) is 14.4 Å². The van der Waals surface area contributed by atoms with E-state index in [0.717, 1.165) is 5.01 Å². The fourth-order valence-electron chi connectivity index (χ4n) is 1.83. The molecule has 2 aromatic rings. The van der Waals surface area contributed by atoms with Crippen LogP contribution in [0, 0.1) is 31.0 Å². The van der Waals surface area contributed by atoms with Crippen LogP contribution in [-0.2, 0) is 0 Å². The SMILES string of the molecule is Cc1nc(C)c(C(=O)C(C#N)c2ccc(F)cc2)s1. The molecule has 0 saturated carbocycles. The first-order chi connectivity index (χ1) is 9.02. The van der Waals surface area contributed by atoms with Crippen molar-refractivity contribution in [3.05, 3.63) is 51.2 Å². The summed E-state index contributed by atoms with van der Waals surface area (Å²) in [6.45, 7) is 3.56. The predicted molar refractivity (Wildman–Crippen MR) is 70.7 cm³/mol. The van der Waals surface area contributed by atoms with Crippen molar-refractivity contribution in [1.29, 1.82) is 5.26 Å². The van der Waals surface area contributed by atoms with E-state index in [1.807, 2.05) is 13.0 Å². The Morgan fingerprint density at radius 1 is 1.37 bits per heavy atom. The summed E-state index contributed by atoms with van der Waals surface area (Å²) in [4.78, 5) is 17.0. The molecule has 0 amide bonds. The van der Waals surface area contributed by atoms with Crippen molar-refractivity contribution >= 4 is 17.1 Å². The van der Waals surface area contributed by atoms with E-state index < -0.39 is 11.7 Å². The van der Waals surface area contributed by atoms with E-state index in [1.54, 1.807) is 6.92 Å². The first-order valence-corrected chi connectivity index (χ1v) is 6.48. The van der Waals surface area contributed by atoms with Gasteiger partial charge < -0.3 is 0 Å². The molecule has 1 heterocycles. The minimum atomic E-state index is -0.917. The van der Waals surface area contributed by atoms with Crippen LogP contribution in [0.1, 0.15) is 31.9 Å². The van der Waals surface area contributed by atoms with Crippen LogP contribution in [-0.4, -0.2) is 10.8 Å². The smallest absolute Gasteiger partial charge is 0.196 e. The van der Waals surface area contributed by atoms with Gasteiger partial charge in [0.25, 0.3) is 0 Å². The fourth-order valence-corrected chi connectivity index (χ4v) is 2.72. The molecule has 0 spiro atoms. The van der Waals surface area contributed by atoms with Crippen LogP contribution < -0.4 is 0 Å². The van der Waals surface area contributed by atoms with Gasteiger partial charge in [-0.05, 0) is 31.5 Å². The van der Waals surface area contributed by atoms with Gasteiger partial charge in [0.05, 0.1) is 21.6 Å². The van der Waals surface area contributed by atoms with E-state index in [0.29, 0.717) is 16.1 Å². The van der Waals surface area contributed by atoms with Crippen molar-refractivity contribution in [2.45, 2.75) is 19.8 Å². The van der Waals surface area contributed by atoms with Gasteiger partial charge in [-0.1, -0.05) is 12.1 Å². The lowest BCUT2D eigenvalue weighted by Crippen LogP contribution is -2.11. The van der Waals surface area contributed by atoms with Crippen LogP contribution in [0.3, 0.4) is 0 Å². The molecule has 0 N–H and O–H groups in total. The van der Waals surface area contributed by atoms with Gasteiger partial charge in [-0.15, -0.1) is 11.3 Å². The maximum Gasteiger partial charge on any atom is 0.196 e. The lowest BCUT2D eigenvalue weighted by atomic mass is 9.95. The van der Waals surface area contributed by atoms with Crippen LogP contribution in [0.15, 0.2) is 24.3 Å². The highest BCUT2D eigenvalue weighted by molar-refractivity contribution is 7.13. The quantitative estimate of drug-likeness (QED) is 0.806. The maximum absolute atomic E-state index is 12.9. The molecule has 1 aromatic heterocycles. The molecule has 19 heavy (non-hydrogen) atoms. The molecule has 3 nitrogen and oxygen atoms in total. The lowest BCUT2D eigenvalue weighted by molar-refractivity contribution is 0.0982. The molecule has 0 radical (unpaired) electrons. The van der Waals surface area contributed by atoms with Crippen molar-refractivity contribution < 1.29 is 9.18 Å². The van der Waals surface area contributed by atoms with Gasteiger partial charge in [0.1, 0.15) is 11.7 Å². The van der Waals surface area contributed by atoms with Crippen LogP contribution in [0.4, 0.5) is 4.39 Å². The van der Waals surface area contributed by atoms with Gasteiger partial charge in [-0.2, -0.15) is 5.26 Å². The van der Waals surface area contributed by atoms with Gasteiger partial charge >= 0.3 is 0 Å². The highest BCUT2D eigenvalue weighted by atomic mass is 32.1. The number of carbonyl (C=O) groups is 1. The molecule has 1 unspecified atom stereocenters. The Labute approximate surface area is 114 Å². The third-order valence-corrected chi connectivity index (χ3v) is 3.81. The van der Waals surface area contributed by atoms with E-state index in [-0.39, 0.29) is 5.78 Å². The molecule has 2 rings (SSSR count). The second-order valence-corrected chi connectivity index (χ2v) is 5.33. The Kier molecular flexibility index (Phi) is 3.72. The molecule has 0 aliphatic heterocycles. The topological polar surface area (TPSA) is 53.8 Å². The molecule has 96 valence electrons. The maximum atomic E-state index is 12.9. The summed E-state index contributed by atoms with van der Waals surface area (Å²) in [7, 11) is 0. The lowest BCUT2D eigenvalue weighted by Gasteiger charge is -2.07. The monoisotopic (exact) mass is 274 g/mol. The molecule has 0 saturated heterocycles. The number of halogens is 1. The molecule has 0 fully saturated rings. The number of hydrogen-bond donors (Lipinski definition) is 0. The number of rotatable bonds is 3. The molecule has 0 bridgehead atoms. The largest absolute Gasteiger partial charge is 0.291 e. The Morgan fingerprint density at radius 3 is 2.47 bits per heavy atom. The average Bonchev–Trinajstić information content (AvgIpc) is 2.71. The summed E-state index contributed by atoms with van der Waals surface area (Å²) < 4.78 is 12.9. The van der Waals surface area contributed by atoms with Gasteiger partial charge in [-0.25, -0.2) is 9.37 Å². The van der Waals surface area contributed by atoms with E-state index in [4.69, 9.17) is 0 Å². The van der Waals surface area contributed by atoms with Crippen LogP contribution in [0.5, 0.6) is 0 Å². The number of ketones is 1. The zero-order chi connectivity index (χ0) is 14.0. The van der Waals surface area contributed by atoms with Crippen molar-refractivity contribution in [2.24, 2.45) is 0 Å². The fraction of sp³-hybridized carbons (Fsp3) is 0.214. The second-order valence-electron chi connectivity index (χ2n) is 4.13. The Balaban J connectivity index is 2.38. The number of carbonyl (C=O) groups excluding carboxylic acids is 1. The molecule has 5 heteroatoms. The zero-order valence-corrected chi connectivity index (χ0v) is 11.3. The highest BCUT2D eigenvalue weighted by Gasteiger charge is 2.25. The third kappa shape index (κ3) is 2.69. The first kappa shape index (κ1) is 13.4. The Bertz CT molecular complexity index is 655. The van der Waals surface area contributed by atoms with Crippen LogP contribution >= 0.6 is 11.3 Å². The molecular formula is C14H11FN2OS. The third-order valence-electron chi connectivity index (χ3n) is 2.72. The van der Waals surface area contributed by atoms with E-state index in [1.165, 1.54) is 35.6 Å². The standard InChI is InChI=1S/C14H11FN2OS/c1-8-14(19-9(2)17-8)13(18)12(7-16)10-3-5-11(15)6-4-10/h3-6,12H,1-2H3. The predicted octanol–water partition coefficient (Wildman–Crippen LogP) is 3.39. The van der Waals surface area contributed by atoms with Crippen LogP contribution in [0.2, 0.25) is 0 Å². The first-order valence-electron chi connectivity index (χ1n) is 5.66. The molecule has 1 atom stereocenters.